The van der Waals surface area contributed by atoms with E-state index in [4.69, 9.17) is 0 Å². The average molecular weight is 313 g/mol. The summed E-state index contributed by atoms with van der Waals surface area (Å²) in [6.45, 7) is 2.34. The van der Waals surface area contributed by atoms with E-state index in [1.165, 1.54) is 11.1 Å². The minimum absolute atomic E-state index is 0.0921. The van der Waals surface area contributed by atoms with Gasteiger partial charge in [0.1, 0.15) is 6.04 Å². The van der Waals surface area contributed by atoms with Crippen molar-refractivity contribution in [2.75, 3.05) is 13.6 Å². The number of likely N-dealkylation sites (N-methyl/N-ethyl adjacent to an activating group) is 1. The molecule has 1 N–H and O–H groups in total. The summed E-state index contributed by atoms with van der Waals surface area (Å²) < 4.78 is 0. The van der Waals surface area contributed by atoms with E-state index in [1.54, 1.807) is 4.90 Å². The van der Waals surface area contributed by atoms with Crippen LogP contribution in [0.1, 0.15) is 39.9 Å². The fourth-order valence-electron chi connectivity index (χ4n) is 3.77. The third-order valence-electron chi connectivity index (χ3n) is 5.05. The summed E-state index contributed by atoms with van der Waals surface area (Å²) in [6.07, 6.45) is 1.69. The number of amides is 3. The maximum Gasteiger partial charge on any atom is 0.255 e. The molecule has 1 aromatic rings. The maximum atomic E-state index is 12.7. The molecule has 0 bridgehead atoms. The normalized spacial score (nSPS) is 24.5. The quantitative estimate of drug-likeness (QED) is 0.764. The molecular formula is C17H19N3O3. The molecule has 0 aromatic heterocycles. The van der Waals surface area contributed by atoms with Gasteiger partial charge in [0.15, 0.2) is 0 Å². The summed E-state index contributed by atoms with van der Waals surface area (Å²) in [5, 5.41) is 2.34. The lowest BCUT2D eigenvalue weighted by molar-refractivity contribution is -0.136. The molecule has 0 saturated carbocycles. The maximum absolute atomic E-state index is 12.7. The van der Waals surface area contributed by atoms with Gasteiger partial charge in [0.25, 0.3) is 5.91 Å². The van der Waals surface area contributed by atoms with E-state index in [0.717, 1.165) is 25.1 Å². The summed E-state index contributed by atoms with van der Waals surface area (Å²) in [6, 6.07) is 3.59. The van der Waals surface area contributed by atoms with E-state index >= 15 is 0 Å². The molecule has 23 heavy (non-hydrogen) atoms. The van der Waals surface area contributed by atoms with Gasteiger partial charge in [-0.3, -0.25) is 19.7 Å². The molecule has 1 aromatic carbocycles. The van der Waals surface area contributed by atoms with Crippen LogP contribution >= 0.6 is 0 Å². The SMILES string of the molecule is CN1CCc2cc3c(cc2C1)C(=O)N([C@@H]1CCC(=O)NC1=O)C3. The largest absolute Gasteiger partial charge is 0.322 e. The molecule has 6 nitrogen and oxygen atoms in total. The molecule has 3 heterocycles. The molecule has 120 valence electrons. The zero-order valence-electron chi connectivity index (χ0n) is 13.1. The number of fused-ring (bicyclic) bond motifs is 2. The van der Waals surface area contributed by atoms with Gasteiger partial charge in [-0.2, -0.15) is 0 Å². The molecule has 1 fully saturated rings. The lowest BCUT2D eigenvalue weighted by Crippen LogP contribution is -2.52. The van der Waals surface area contributed by atoms with Gasteiger partial charge in [-0.15, -0.1) is 0 Å². The molecule has 0 aliphatic carbocycles. The van der Waals surface area contributed by atoms with Crippen molar-refractivity contribution in [1.29, 1.82) is 0 Å². The molecule has 6 heteroatoms. The molecule has 3 amide bonds. The van der Waals surface area contributed by atoms with Crippen molar-refractivity contribution in [3.8, 4) is 0 Å². The number of nitrogens with one attached hydrogen (secondary N) is 1. The van der Waals surface area contributed by atoms with Crippen molar-refractivity contribution in [2.45, 2.75) is 38.4 Å². The first-order chi connectivity index (χ1) is 11.0. The van der Waals surface area contributed by atoms with Crippen LogP contribution in [0.4, 0.5) is 0 Å². The van der Waals surface area contributed by atoms with E-state index in [2.05, 4.69) is 23.3 Å². The van der Waals surface area contributed by atoms with Crippen LogP contribution in [-0.2, 0) is 29.1 Å². The molecule has 0 unspecified atom stereocenters. The number of carbonyl (C=O) groups excluding carboxylic acids is 3. The highest BCUT2D eigenvalue weighted by atomic mass is 16.2. The van der Waals surface area contributed by atoms with Crippen molar-refractivity contribution < 1.29 is 14.4 Å². The van der Waals surface area contributed by atoms with Gasteiger partial charge in [-0.25, -0.2) is 0 Å². The van der Waals surface area contributed by atoms with E-state index in [9.17, 15) is 14.4 Å². The van der Waals surface area contributed by atoms with Crippen LogP contribution in [0.15, 0.2) is 12.1 Å². The highest BCUT2D eigenvalue weighted by Gasteiger charge is 2.39. The Labute approximate surface area is 134 Å². The Morgan fingerprint density at radius 3 is 2.65 bits per heavy atom. The molecule has 3 aliphatic heterocycles. The van der Waals surface area contributed by atoms with Crippen molar-refractivity contribution >= 4 is 17.7 Å². The van der Waals surface area contributed by atoms with Gasteiger partial charge in [0.05, 0.1) is 0 Å². The topological polar surface area (TPSA) is 69.7 Å². The summed E-state index contributed by atoms with van der Waals surface area (Å²) >= 11 is 0. The molecule has 0 spiro atoms. The van der Waals surface area contributed by atoms with E-state index in [-0.39, 0.29) is 24.1 Å². The summed E-state index contributed by atoms with van der Waals surface area (Å²) in [5.41, 5.74) is 4.22. The Morgan fingerprint density at radius 2 is 1.87 bits per heavy atom. The van der Waals surface area contributed by atoms with Crippen molar-refractivity contribution in [3.63, 3.8) is 0 Å². The lowest BCUT2D eigenvalue weighted by Gasteiger charge is -2.29. The number of nitrogens with zero attached hydrogens (tertiary/aromatic N) is 2. The van der Waals surface area contributed by atoms with Gasteiger partial charge in [0.2, 0.25) is 11.8 Å². The third-order valence-corrected chi connectivity index (χ3v) is 5.05. The van der Waals surface area contributed by atoms with Crippen LogP contribution < -0.4 is 5.32 Å². The third kappa shape index (κ3) is 2.34. The Hall–Kier alpha value is -2.21. The minimum atomic E-state index is -0.535. The van der Waals surface area contributed by atoms with Crippen LogP contribution in [0, 0.1) is 0 Å². The number of imide groups is 1. The molecular weight excluding hydrogens is 294 g/mol. The number of benzene rings is 1. The smallest absolute Gasteiger partial charge is 0.255 e. The van der Waals surface area contributed by atoms with Crippen LogP contribution in [0.25, 0.3) is 0 Å². The summed E-state index contributed by atoms with van der Waals surface area (Å²) in [7, 11) is 2.08. The average Bonchev–Trinajstić information content (AvgIpc) is 2.82. The first-order valence-corrected chi connectivity index (χ1v) is 8.01. The Morgan fingerprint density at radius 1 is 1.04 bits per heavy atom. The predicted molar refractivity (Wildman–Crippen MR) is 82.5 cm³/mol. The van der Waals surface area contributed by atoms with Crippen LogP contribution in [-0.4, -0.2) is 47.2 Å². The number of hydrogen-bond acceptors (Lipinski definition) is 4. The Bertz CT molecular complexity index is 728. The predicted octanol–water partition coefficient (Wildman–Crippen LogP) is 0.435. The second kappa shape index (κ2) is 5.16. The Balaban J connectivity index is 1.63. The van der Waals surface area contributed by atoms with Gasteiger partial charge in [-0.1, -0.05) is 6.07 Å². The van der Waals surface area contributed by atoms with Gasteiger partial charge in [0, 0.05) is 31.6 Å². The first-order valence-electron chi connectivity index (χ1n) is 8.01. The molecule has 1 saturated heterocycles. The van der Waals surface area contributed by atoms with Gasteiger partial charge < -0.3 is 9.80 Å². The lowest BCUT2D eigenvalue weighted by atomic mass is 9.95. The monoisotopic (exact) mass is 313 g/mol. The second-order valence-electron chi connectivity index (χ2n) is 6.67. The van der Waals surface area contributed by atoms with E-state index < -0.39 is 6.04 Å². The summed E-state index contributed by atoms with van der Waals surface area (Å²) in [4.78, 5) is 39.9. The Kier molecular flexibility index (Phi) is 3.23. The van der Waals surface area contributed by atoms with E-state index in [0.29, 0.717) is 18.5 Å². The first kappa shape index (κ1) is 14.4. The standard InChI is InChI=1S/C17H19N3O3/c1-19-5-4-10-6-12-9-20(14-2-3-15(21)18-16(14)22)17(23)13(12)7-11(10)8-19/h6-7,14H,2-5,8-9H2,1H3,(H,18,21,22)/t14-/m1/s1. The van der Waals surface area contributed by atoms with Crippen LogP contribution in [0.5, 0.6) is 0 Å². The number of piperidine rings is 1. The highest BCUT2D eigenvalue weighted by Crippen LogP contribution is 2.31. The van der Waals surface area contributed by atoms with E-state index in [1.807, 2.05) is 6.07 Å². The van der Waals surface area contributed by atoms with Crippen molar-refractivity contribution in [2.24, 2.45) is 0 Å². The number of hydrogen-bond donors (Lipinski definition) is 1. The fourth-order valence-corrected chi connectivity index (χ4v) is 3.77. The zero-order valence-corrected chi connectivity index (χ0v) is 13.1. The van der Waals surface area contributed by atoms with Gasteiger partial charge >= 0.3 is 0 Å². The fraction of sp³-hybridized carbons (Fsp3) is 0.471. The molecule has 0 radical (unpaired) electrons. The van der Waals surface area contributed by atoms with Gasteiger partial charge in [-0.05, 0) is 42.6 Å². The molecule has 1 atom stereocenters. The minimum Gasteiger partial charge on any atom is -0.322 e. The number of rotatable bonds is 1. The molecule has 3 aliphatic rings. The highest BCUT2D eigenvalue weighted by molar-refractivity contribution is 6.05. The van der Waals surface area contributed by atoms with Crippen molar-refractivity contribution in [1.82, 2.24) is 15.1 Å². The zero-order chi connectivity index (χ0) is 16.1. The number of carbonyl (C=O) groups is 3. The van der Waals surface area contributed by atoms with Crippen LogP contribution in [0.3, 0.4) is 0 Å². The van der Waals surface area contributed by atoms with Crippen molar-refractivity contribution in [3.05, 3.63) is 34.4 Å². The van der Waals surface area contributed by atoms with Crippen LogP contribution in [0.2, 0.25) is 0 Å². The second-order valence-corrected chi connectivity index (χ2v) is 6.67. The summed E-state index contributed by atoms with van der Waals surface area (Å²) in [5.74, 6) is -0.702. The molecule has 4 rings (SSSR count).